The molecular weight excluding hydrogens is 228 g/mol. The molecule has 0 amide bonds. The Morgan fingerprint density at radius 2 is 2.18 bits per heavy atom. The lowest BCUT2D eigenvalue weighted by atomic mass is 10.1. The van der Waals surface area contributed by atoms with Crippen molar-refractivity contribution in [2.45, 2.75) is 6.61 Å². The molecule has 0 aliphatic carbocycles. The van der Waals surface area contributed by atoms with E-state index >= 15 is 0 Å². The van der Waals surface area contributed by atoms with Crippen molar-refractivity contribution in [1.29, 1.82) is 0 Å². The van der Waals surface area contributed by atoms with Gasteiger partial charge in [-0.2, -0.15) is 13.9 Å². The molecule has 1 aromatic heterocycles. The van der Waals surface area contributed by atoms with Crippen LogP contribution in [-0.2, 0) is 7.05 Å². The van der Waals surface area contributed by atoms with Crippen molar-refractivity contribution in [3.63, 3.8) is 0 Å². The first-order chi connectivity index (χ1) is 8.08. The van der Waals surface area contributed by atoms with Gasteiger partial charge in [0.25, 0.3) is 0 Å². The molecule has 90 valence electrons. The number of halogens is 2. The standard InChI is InChI=1S/C11H11F2N3O/c1-16-6-7(5-15-16)8-3-2-4-9(14)10(8)17-11(12)13/h2-6,11H,14H2,1H3. The molecule has 2 rings (SSSR count). The average molecular weight is 239 g/mol. The average Bonchev–Trinajstić information content (AvgIpc) is 2.67. The molecule has 1 aromatic carbocycles. The molecule has 0 aliphatic rings. The summed E-state index contributed by atoms with van der Waals surface area (Å²) in [7, 11) is 1.74. The van der Waals surface area contributed by atoms with E-state index in [1.54, 1.807) is 36.3 Å². The number of aromatic nitrogens is 2. The monoisotopic (exact) mass is 239 g/mol. The van der Waals surface area contributed by atoms with Gasteiger partial charge in [-0.05, 0) is 6.07 Å². The van der Waals surface area contributed by atoms with Crippen molar-refractivity contribution in [1.82, 2.24) is 9.78 Å². The lowest BCUT2D eigenvalue weighted by Crippen LogP contribution is -2.05. The summed E-state index contributed by atoms with van der Waals surface area (Å²) < 4.78 is 30.6. The number of benzene rings is 1. The van der Waals surface area contributed by atoms with Crippen LogP contribution in [-0.4, -0.2) is 16.4 Å². The maximum Gasteiger partial charge on any atom is 0.387 e. The number of nitrogen functional groups attached to an aromatic ring is 1. The lowest BCUT2D eigenvalue weighted by Gasteiger charge is -2.11. The largest absolute Gasteiger partial charge is 0.432 e. The van der Waals surface area contributed by atoms with Crippen molar-refractivity contribution in [2.24, 2.45) is 7.05 Å². The fourth-order valence-corrected chi connectivity index (χ4v) is 1.56. The normalized spacial score (nSPS) is 10.8. The minimum Gasteiger partial charge on any atom is -0.432 e. The van der Waals surface area contributed by atoms with Gasteiger partial charge in [0.2, 0.25) is 0 Å². The highest BCUT2D eigenvalue weighted by atomic mass is 19.3. The van der Waals surface area contributed by atoms with E-state index < -0.39 is 6.61 Å². The molecule has 0 atom stereocenters. The maximum absolute atomic E-state index is 12.3. The Bertz CT molecular complexity index is 525. The number of anilines is 1. The number of rotatable bonds is 3. The Morgan fingerprint density at radius 3 is 2.76 bits per heavy atom. The van der Waals surface area contributed by atoms with E-state index in [0.29, 0.717) is 11.1 Å². The third-order valence-corrected chi connectivity index (χ3v) is 2.27. The van der Waals surface area contributed by atoms with E-state index in [9.17, 15) is 8.78 Å². The van der Waals surface area contributed by atoms with Crippen molar-refractivity contribution in [3.8, 4) is 16.9 Å². The highest BCUT2D eigenvalue weighted by Crippen LogP contribution is 2.35. The molecule has 4 nitrogen and oxygen atoms in total. The van der Waals surface area contributed by atoms with Crippen LogP contribution >= 0.6 is 0 Å². The van der Waals surface area contributed by atoms with Crippen LogP contribution in [0.2, 0.25) is 0 Å². The Morgan fingerprint density at radius 1 is 1.41 bits per heavy atom. The number of nitrogens with zero attached hydrogens (tertiary/aromatic N) is 2. The Labute approximate surface area is 96.6 Å². The molecule has 0 fully saturated rings. The molecular formula is C11H11F2N3O. The minimum absolute atomic E-state index is 0.0181. The second kappa shape index (κ2) is 4.40. The van der Waals surface area contributed by atoms with Crippen molar-refractivity contribution >= 4 is 5.69 Å². The molecule has 0 saturated carbocycles. The molecule has 1 heterocycles. The number of nitrogens with two attached hydrogens (primary N) is 1. The van der Waals surface area contributed by atoms with E-state index in [-0.39, 0.29) is 11.4 Å². The van der Waals surface area contributed by atoms with Crippen LogP contribution in [0.4, 0.5) is 14.5 Å². The van der Waals surface area contributed by atoms with Crippen LogP contribution in [0, 0.1) is 0 Å². The van der Waals surface area contributed by atoms with Crippen LogP contribution < -0.4 is 10.5 Å². The summed E-state index contributed by atoms with van der Waals surface area (Å²) in [6, 6.07) is 4.85. The number of ether oxygens (including phenoxy) is 1. The number of hydrogen-bond acceptors (Lipinski definition) is 3. The number of hydrogen-bond donors (Lipinski definition) is 1. The molecule has 0 radical (unpaired) electrons. The number of aryl methyl sites for hydroxylation is 1. The molecule has 0 unspecified atom stereocenters. The molecule has 0 saturated heterocycles. The minimum atomic E-state index is -2.91. The van der Waals surface area contributed by atoms with Gasteiger partial charge in [0, 0.05) is 24.4 Å². The predicted molar refractivity (Wildman–Crippen MR) is 59.7 cm³/mol. The summed E-state index contributed by atoms with van der Waals surface area (Å²) in [5.41, 5.74) is 6.98. The summed E-state index contributed by atoms with van der Waals surface area (Å²) in [5, 5.41) is 3.98. The Hall–Kier alpha value is -2.11. The molecule has 0 spiro atoms. The third kappa shape index (κ3) is 2.35. The molecule has 2 aromatic rings. The zero-order chi connectivity index (χ0) is 12.4. The first-order valence-electron chi connectivity index (χ1n) is 4.90. The second-order valence-corrected chi connectivity index (χ2v) is 3.51. The van der Waals surface area contributed by atoms with Gasteiger partial charge in [0.1, 0.15) is 0 Å². The highest BCUT2D eigenvalue weighted by Gasteiger charge is 2.15. The van der Waals surface area contributed by atoms with E-state index in [1.165, 1.54) is 6.07 Å². The Balaban J connectivity index is 2.49. The van der Waals surface area contributed by atoms with Gasteiger partial charge in [-0.25, -0.2) is 0 Å². The van der Waals surface area contributed by atoms with Gasteiger partial charge in [-0.3, -0.25) is 4.68 Å². The molecule has 0 aliphatic heterocycles. The zero-order valence-electron chi connectivity index (χ0n) is 9.10. The number of para-hydroxylation sites is 1. The van der Waals surface area contributed by atoms with Gasteiger partial charge < -0.3 is 10.5 Å². The lowest BCUT2D eigenvalue weighted by molar-refractivity contribution is -0.0489. The van der Waals surface area contributed by atoms with Gasteiger partial charge in [-0.1, -0.05) is 12.1 Å². The molecule has 6 heteroatoms. The van der Waals surface area contributed by atoms with Crippen LogP contribution in [0.1, 0.15) is 0 Å². The van der Waals surface area contributed by atoms with Gasteiger partial charge >= 0.3 is 6.61 Å². The topological polar surface area (TPSA) is 53.1 Å². The molecule has 2 N–H and O–H groups in total. The van der Waals surface area contributed by atoms with Crippen LogP contribution in [0.25, 0.3) is 11.1 Å². The maximum atomic E-state index is 12.3. The summed E-state index contributed by atoms with van der Waals surface area (Å²) in [6.45, 7) is -2.91. The van der Waals surface area contributed by atoms with E-state index in [2.05, 4.69) is 9.84 Å². The first-order valence-corrected chi connectivity index (χ1v) is 4.90. The van der Waals surface area contributed by atoms with E-state index in [1.807, 2.05) is 0 Å². The third-order valence-electron chi connectivity index (χ3n) is 2.27. The quantitative estimate of drug-likeness (QED) is 0.836. The first kappa shape index (κ1) is 11.4. The highest BCUT2D eigenvalue weighted by molar-refractivity contribution is 5.76. The van der Waals surface area contributed by atoms with E-state index in [0.717, 1.165) is 0 Å². The summed E-state index contributed by atoms with van der Waals surface area (Å²) >= 11 is 0. The van der Waals surface area contributed by atoms with Gasteiger partial charge in [0.05, 0.1) is 11.9 Å². The van der Waals surface area contributed by atoms with Crippen LogP contribution in [0.15, 0.2) is 30.6 Å². The number of alkyl halides is 2. The van der Waals surface area contributed by atoms with Crippen molar-refractivity contribution in [3.05, 3.63) is 30.6 Å². The second-order valence-electron chi connectivity index (χ2n) is 3.51. The SMILES string of the molecule is Cn1cc(-c2cccc(N)c2OC(F)F)cn1. The zero-order valence-corrected chi connectivity index (χ0v) is 9.10. The molecule has 17 heavy (non-hydrogen) atoms. The fraction of sp³-hybridized carbons (Fsp3) is 0.182. The van der Waals surface area contributed by atoms with Crippen LogP contribution in [0.5, 0.6) is 5.75 Å². The van der Waals surface area contributed by atoms with E-state index in [4.69, 9.17) is 5.73 Å². The Kier molecular flexibility index (Phi) is 2.95. The predicted octanol–water partition coefficient (Wildman–Crippen LogP) is 2.27. The van der Waals surface area contributed by atoms with Crippen molar-refractivity contribution < 1.29 is 13.5 Å². The summed E-state index contributed by atoms with van der Waals surface area (Å²) in [6.07, 6.45) is 3.26. The van der Waals surface area contributed by atoms with Crippen LogP contribution in [0.3, 0.4) is 0 Å². The van der Waals surface area contributed by atoms with Crippen molar-refractivity contribution in [2.75, 3.05) is 5.73 Å². The fourth-order valence-electron chi connectivity index (χ4n) is 1.56. The summed E-state index contributed by atoms with van der Waals surface area (Å²) in [4.78, 5) is 0. The summed E-state index contributed by atoms with van der Waals surface area (Å²) in [5.74, 6) is -0.0181. The molecule has 0 bridgehead atoms. The smallest absolute Gasteiger partial charge is 0.387 e. The van der Waals surface area contributed by atoms with Gasteiger partial charge in [0.15, 0.2) is 5.75 Å². The van der Waals surface area contributed by atoms with Gasteiger partial charge in [-0.15, -0.1) is 0 Å².